The van der Waals surface area contributed by atoms with E-state index in [4.69, 9.17) is 11.5 Å². The predicted molar refractivity (Wildman–Crippen MR) is 152 cm³/mol. The van der Waals surface area contributed by atoms with E-state index in [0.29, 0.717) is 12.6 Å². The molecule has 8 heteroatoms. The molecule has 0 aliphatic heterocycles. The molecule has 0 bridgehead atoms. The first-order valence-corrected chi connectivity index (χ1v) is 13.3. The van der Waals surface area contributed by atoms with Crippen molar-refractivity contribution in [2.24, 2.45) is 16.5 Å². The molecule has 0 unspecified atom stereocenters. The second-order valence-corrected chi connectivity index (χ2v) is 9.76. The van der Waals surface area contributed by atoms with Gasteiger partial charge in [0.25, 0.3) is 5.91 Å². The van der Waals surface area contributed by atoms with Gasteiger partial charge in [0.1, 0.15) is 11.5 Å². The number of amides is 1. The highest BCUT2D eigenvalue weighted by atomic mass is 16.3. The number of nitrogens with one attached hydrogen (secondary N) is 1. The average molecular weight is 517 g/mol. The first-order chi connectivity index (χ1) is 18.3. The highest BCUT2D eigenvalue weighted by Gasteiger charge is 2.17. The van der Waals surface area contributed by atoms with Gasteiger partial charge in [0.15, 0.2) is 5.69 Å². The van der Waals surface area contributed by atoms with Crippen molar-refractivity contribution in [3.8, 4) is 0 Å². The van der Waals surface area contributed by atoms with Gasteiger partial charge in [0.05, 0.1) is 6.10 Å². The van der Waals surface area contributed by atoms with Crippen molar-refractivity contribution in [1.82, 2.24) is 15.3 Å². The van der Waals surface area contributed by atoms with Crippen LogP contribution in [-0.2, 0) is 12.8 Å². The van der Waals surface area contributed by atoms with E-state index < -0.39 is 12.0 Å². The standard InChI is InChI=1S/C30H40N6O2/c1-21(36-22(2)28(37)25-12-4-3-5-13-25)9-8-11-24-16-14-23(15-17-24)10-6-7-18-35-29(31)26-27(30(32)38)34-20-19-33-26/h3-5,12-17,19-22,28,36-37H,6-11,18H2,1-2H3,(H2,31,35)(H2,32,38)/t21-,22+,28+/m1/s1. The van der Waals surface area contributed by atoms with Crippen molar-refractivity contribution >= 4 is 11.7 Å². The molecule has 0 spiro atoms. The number of carbonyl (C=O) groups is 1. The Kier molecular flexibility index (Phi) is 11.4. The van der Waals surface area contributed by atoms with Crippen LogP contribution >= 0.6 is 0 Å². The molecular formula is C30H40N6O2. The zero-order chi connectivity index (χ0) is 27.3. The Morgan fingerprint density at radius 3 is 2.13 bits per heavy atom. The molecule has 8 nitrogen and oxygen atoms in total. The van der Waals surface area contributed by atoms with Crippen LogP contribution in [0.15, 0.2) is 72.0 Å². The molecule has 3 rings (SSSR count). The number of aromatic nitrogens is 2. The van der Waals surface area contributed by atoms with Gasteiger partial charge >= 0.3 is 0 Å². The van der Waals surface area contributed by atoms with Gasteiger partial charge < -0.3 is 21.9 Å². The van der Waals surface area contributed by atoms with E-state index in [1.165, 1.54) is 23.5 Å². The number of hydrogen-bond donors (Lipinski definition) is 4. The monoisotopic (exact) mass is 516 g/mol. The van der Waals surface area contributed by atoms with Crippen molar-refractivity contribution in [2.75, 3.05) is 6.54 Å². The summed E-state index contributed by atoms with van der Waals surface area (Å²) in [5.74, 6) is -0.489. The summed E-state index contributed by atoms with van der Waals surface area (Å²) in [4.78, 5) is 23.8. The molecule has 3 aromatic rings. The number of aliphatic imine (C=N–C) groups is 1. The van der Waals surface area contributed by atoms with Crippen LogP contribution in [-0.4, -0.2) is 45.4 Å². The second-order valence-electron chi connectivity index (χ2n) is 9.76. The third-order valence-corrected chi connectivity index (χ3v) is 6.62. The third-order valence-electron chi connectivity index (χ3n) is 6.62. The smallest absolute Gasteiger partial charge is 0.269 e. The summed E-state index contributed by atoms with van der Waals surface area (Å²) < 4.78 is 0. The van der Waals surface area contributed by atoms with E-state index in [9.17, 15) is 9.90 Å². The Balaban J connectivity index is 1.34. The zero-order valence-electron chi connectivity index (χ0n) is 22.4. The fourth-order valence-corrected chi connectivity index (χ4v) is 4.47. The van der Waals surface area contributed by atoms with E-state index in [1.54, 1.807) is 0 Å². The van der Waals surface area contributed by atoms with Gasteiger partial charge in [-0.05, 0) is 69.1 Å². The number of nitrogens with two attached hydrogens (primary N) is 2. The Morgan fingerprint density at radius 2 is 1.50 bits per heavy atom. The molecule has 0 aliphatic rings. The van der Waals surface area contributed by atoms with Gasteiger partial charge in [-0.2, -0.15) is 0 Å². The highest BCUT2D eigenvalue weighted by molar-refractivity contribution is 6.05. The fourth-order valence-electron chi connectivity index (χ4n) is 4.47. The number of primary amides is 1. The average Bonchev–Trinajstić information content (AvgIpc) is 2.93. The SMILES string of the molecule is C[C@H](CCCc1ccc(CCCCN=C(N)c2nccnc2C(N)=O)cc1)N[C@@H](C)[C@H](O)c1ccccc1. The zero-order valence-corrected chi connectivity index (χ0v) is 22.4. The largest absolute Gasteiger partial charge is 0.387 e. The first kappa shape index (κ1) is 28.9. The summed E-state index contributed by atoms with van der Waals surface area (Å²) in [5.41, 5.74) is 15.2. The molecule has 0 saturated carbocycles. The van der Waals surface area contributed by atoms with E-state index in [1.807, 2.05) is 37.3 Å². The van der Waals surface area contributed by atoms with Crippen LogP contribution in [0.2, 0.25) is 0 Å². The van der Waals surface area contributed by atoms with Gasteiger partial charge in [-0.25, -0.2) is 9.97 Å². The van der Waals surface area contributed by atoms with E-state index in [0.717, 1.165) is 44.1 Å². The molecule has 1 heterocycles. The van der Waals surface area contributed by atoms with Crippen LogP contribution in [0.3, 0.4) is 0 Å². The molecule has 3 atom stereocenters. The molecule has 0 saturated heterocycles. The van der Waals surface area contributed by atoms with Gasteiger partial charge in [0.2, 0.25) is 0 Å². The summed E-state index contributed by atoms with van der Waals surface area (Å²) in [6.07, 6.45) is 8.35. The van der Waals surface area contributed by atoms with Crippen LogP contribution in [0, 0.1) is 0 Å². The van der Waals surface area contributed by atoms with E-state index in [-0.39, 0.29) is 23.3 Å². The molecule has 0 fully saturated rings. The molecule has 38 heavy (non-hydrogen) atoms. The van der Waals surface area contributed by atoms with Crippen molar-refractivity contribution in [2.45, 2.75) is 70.6 Å². The van der Waals surface area contributed by atoms with Gasteiger partial charge in [-0.1, -0.05) is 54.6 Å². The lowest BCUT2D eigenvalue weighted by molar-refractivity contribution is 0.0995. The summed E-state index contributed by atoms with van der Waals surface area (Å²) >= 11 is 0. The van der Waals surface area contributed by atoms with Crippen molar-refractivity contribution in [3.05, 3.63) is 95.1 Å². The predicted octanol–water partition coefficient (Wildman–Crippen LogP) is 3.73. The first-order valence-electron chi connectivity index (χ1n) is 13.3. The Labute approximate surface area is 225 Å². The quantitative estimate of drug-likeness (QED) is 0.138. The molecule has 2 aromatic carbocycles. The minimum absolute atomic E-state index is 0.00607. The molecule has 6 N–H and O–H groups in total. The topological polar surface area (TPSA) is 140 Å². The third kappa shape index (κ3) is 9.04. The maximum atomic E-state index is 11.5. The number of benzene rings is 2. The second kappa shape index (κ2) is 15.0. The Bertz CT molecular complexity index is 1170. The van der Waals surface area contributed by atoms with Crippen molar-refractivity contribution < 1.29 is 9.90 Å². The van der Waals surface area contributed by atoms with Crippen LogP contribution in [0.4, 0.5) is 0 Å². The number of unbranched alkanes of at least 4 members (excludes halogenated alkanes) is 1. The molecule has 202 valence electrons. The van der Waals surface area contributed by atoms with Crippen LogP contribution in [0.1, 0.15) is 78.5 Å². The lowest BCUT2D eigenvalue weighted by Crippen LogP contribution is -2.38. The van der Waals surface area contributed by atoms with Crippen LogP contribution in [0.25, 0.3) is 0 Å². The summed E-state index contributed by atoms with van der Waals surface area (Å²) in [7, 11) is 0. The van der Waals surface area contributed by atoms with E-state index >= 15 is 0 Å². The molecular weight excluding hydrogens is 476 g/mol. The lowest BCUT2D eigenvalue weighted by atomic mass is 10.0. The summed E-state index contributed by atoms with van der Waals surface area (Å²) in [5, 5.41) is 14.1. The summed E-state index contributed by atoms with van der Waals surface area (Å²) in [6, 6.07) is 18.9. The Morgan fingerprint density at radius 1 is 0.895 bits per heavy atom. The van der Waals surface area contributed by atoms with E-state index in [2.05, 4.69) is 51.5 Å². The minimum Gasteiger partial charge on any atom is -0.387 e. The molecule has 0 aliphatic carbocycles. The maximum absolute atomic E-state index is 11.5. The molecule has 1 amide bonds. The highest BCUT2D eigenvalue weighted by Crippen LogP contribution is 2.17. The normalized spacial score (nSPS) is 14.1. The molecule has 1 aromatic heterocycles. The van der Waals surface area contributed by atoms with Crippen molar-refractivity contribution in [3.63, 3.8) is 0 Å². The Hall–Kier alpha value is -3.62. The number of hydrogen-bond acceptors (Lipinski definition) is 6. The maximum Gasteiger partial charge on any atom is 0.269 e. The number of carbonyl (C=O) groups excluding carboxylic acids is 1. The number of aryl methyl sites for hydroxylation is 2. The number of aliphatic hydroxyl groups excluding tert-OH is 1. The fraction of sp³-hybridized carbons (Fsp3) is 0.400. The number of aliphatic hydroxyl groups is 1. The van der Waals surface area contributed by atoms with Gasteiger partial charge in [-0.3, -0.25) is 9.79 Å². The van der Waals surface area contributed by atoms with Crippen LogP contribution < -0.4 is 16.8 Å². The molecule has 0 radical (unpaired) electrons. The summed E-state index contributed by atoms with van der Waals surface area (Å²) in [6.45, 7) is 4.76. The van der Waals surface area contributed by atoms with Gasteiger partial charge in [0, 0.05) is 31.0 Å². The number of nitrogens with zero attached hydrogens (tertiary/aromatic N) is 3. The lowest BCUT2D eigenvalue weighted by Gasteiger charge is -2.24. The minimum atomic E-state index is -0.672. The van der Waals surface area contributed by atoms with Gasteiger partial charge in [-0.15, -0.1) is 0 Å². The number of amidine groups is 1. The number of rotatable bonds is 15. The van der Waals surface area contributed by atoms with Crippen molar-refractivity contribution in [1.29, 1.82) is 0 Å². The van der Waals surface area contributed by atoms with Crippen LogP contribution in [0.5, 0.6) is 0 Å².